The largest absolute Gasteiger partial charge is 0.337 e. The quantitative estimate of drug-likeness (QED) is 0.555. The van der Waals surface area contributed by atoms with E-state index >= 15 is 0 Å². The predicted octanol–water partition coefficient (Wildman–Crippen LogP) is 4.30. The average Bonchev–Trinajstić information content (AvgIpc) is 3.23. The maximum atomic E-state index is 12.8. The first-order valence-corrected chi connectivity index (χ1v) is 8.53. The summed E-state index contributed by atoms with van der Waals surface area (Å²) in [5, 5.41) is 2.38. The van der Waals surface area contributed by atoms with E-state index in [0.717, 1.165) is 11.3 Å². The van der Waals surface area contributed by atoms with Gasteiger partial charge in [0.2, 0.25) is 0 Å². The predicted molar refractivity (Wildman–Crippen MR) is 103 cm³/mol. The summed E-state index contributed by atoms with van der Waals surface area (Å²) in [5.74, 6) is 0.00937. The summed E-state index contributed by atoms with van der Waals surface area (Å²) in [6.07, 6.45) is 5.35. The SMILES string of the molecule is CN(Cc1cccc2ccccc12)C(=O)c1ccc(-n2ccnc2)cc1. The van der Waals surface area contributed by atoms with Gasteiger partial charge in [-0.15, -0.1) is 0 Å². The molecule has 0 saturated carbocycles. The van der Waals surface area contributed by atoms with Crippen molar-refractivity contribution in [2.75, 3.05) is 7.05 Å². The molecule has 26 heavy (non-hydrogen) atoms. The number of carbonyl (C=O) groups excluding carboxylic acids is 1. The smallest absolute Gasteiger partial charge is 0.253 e. The lowest BCUT2D eigenvalue weighted by molar-refractivity contribution is 0.0785. The van der Waals surface area contributed by atoms with Crippen molar-refractivity contribution in [2.45, 2.75) is 6.54 Å². The molecule has 3 aromatic carbocycles. The number of imidazole rings is 1. The van der Waals surface area contributed by atoms with Crippen molar-refractivity contribution in [3.63, 3.8) is 0 Å². The van der Waals surface area contributed by atoms with Crippen LogP contribution < -0.4 is 0 Å². The Morgan fingerprint density at radius 3 is 2.54 bits per heavy atom. The topological polar surface area (TPSA) is 38.1 Å². The van der Waals surface area contributed by atoms with Gasteiger partial charge in [-0.3, -0.25) is 4.79 Å². The van der Waals surface area contributed by atoms with Crippen molar-refractivity contribution in [2.24, 2.45) is 0 Å². The monoisotopic (exact) mass is 341 g/mol. The molecule has 1 heterocycles. The van der Waals surface area contributed by atoms with Crippen LogP contribution in [0.2, 0.25) is 0 Å². The maximum Gasteiger partial charge on any atom is 0.253 e. The van der Waals surface area contributed by atoms with E-state index in [0.29, 0.717) is 12.1 Å². The molecule has 0 N–H and O–H groups in total. The van der Waals surface area contributed by atoms with Gasteiger partial charge in [0.25, 0.3) is 5.91 Å². The van der Waals surface area contributed by atoms with Crippen LogP contribution in [0.15, 0.2) is 85.5 Å². The molecule has 4 nitrogen and oxygen atoms in total. The second kappa shape index (κ2) is 6.84. The summed E-state index contributed by atoms with van der Waals surface area (Å²) in [6.45, 7) is 0.573. The van der Waals surface area contributed by atoms with Gasteiger partial charge in [0.15, 0.2) is 0 Å². The van der Waals surface area contributed by atoms with Crippen LogP contribution in [-0.4, -0.2) is 27.4 Å². The van der Waals surface area contributed by atoms with E-state index in [1.807, 2.05) is 60.3 Å². The molecule has 4 aromatic rings. The number of carbonyl (C=O) groups is 1. The lowest BCUT2D eigenvalue weighted by Crippen LogP contribution is -2.26. The molecule has 128 valence electrons. The van der Waals surface area contributed by atoms with Crippen molar-refractivity contribution in [1.82, 2.24) is 14.5 Å². The number of aromatic nitrogens is 2. The molecule has 0 radical (unpaired) electrons. The summed E-state index contributed by atoms with van der Waals surface area (Å²) in [5.41, 5.74) is 2.81. The number of hydrogen-bond acceptors (Lipinski definition) is 2. The molecule has 4 rings (SSSR count). The van der Waals surface area contributed by atoms with E-state index < -0.39 is 0 Å². The molecule has 0 fully saturated rings. The van der Waals surface area contributed by atoms with E-state index in [1.165, 1.54) is 10.8 Å². The van der Waals surface area contributed by atoms with Gasteiger partial charge in [0.05, 0.1) is 6.33 Å². The Hall–Kier alpha value is -3.40. The Balaban J connectivity index is 1.54. The molecule has 0 saturated heterocycles. The van der Waals surface area contributed by atoms with Gasteiger partial charge < -0.3 is 9.47 Å². The average molecular weight is 341 g/mol. The van der Waals surface area contributed by atoms with E-state index in [2.05, 4.69) is 29.2 Å². The van der Waals surface area contributed by atoms with Crippen LogP contribution in [0.3, 0.4) is 0 Å². The van der Waals surface area contributed by atoms with Gasteiger partial charge in [-0.2, -0.15) is 0 Å². The Kier molecular flexibility index (Phi) is 4.23. The summed E-state index contributed by atoms with van der Waals surface area (Å²) in [4.78, 5) is 18.6. The molecule has 0 aliphatic rings. The van der Waals surface area contributed by atoms with Gasteiger partial charge in [0.1, 0.15) is 0 Å². The second-order valence-electron chi connectivity index (χ2n) is 6.32. The number of hydrogen-bond donors (Lipinski definition) is 0. The molecule has 4 heteroatoms. The first kappa shape index (κ1) is 16.1. The van der Waals surface area contributed by atoms with Crippen molar-refractivity contribution in [1.29, 1.82) is 0 Å². The van der Waals surface area contributed by atoms with Gasteiger partial charge in [-0.05, 0) is 40.6 Å². The standard InChI is InChI=1S/C22H19N3O/c1-24(15-19-7-4-6-17-5-2-3-8-21(17)19)22(26)18-9-11-20(12-10-18)25-14-13-23-16-25/h2-14,16H,15H2,1H3. The van der Waals surface area contributed by atoms with Crippen LogP contribution in [0.5, 0.6) is 0 Å². The van der Waals surface area contributed by atoms with Gasteiger partial charge in [-0.1, -0.05) is 42.5 Å². The van der Waals surface area contributed by atoms with Crippen LogP contribution in [0.25, 0.3) is 16.5 Å². The summed E-state index contributed by atoms with van der Waals surface area (Å²) in [6, 6.07) is 22.0. The highest BCUT2D eigenvalue weighted by Gasteiger charge is 2.13. The summed E-state index contributed by atoms with van der Waals surface area (Å²) >= 11 is 0. The lowest BCUT2D eigenvalue weighted by atomic mass is 10.0. The molecule has 0 aliphatic carbocycles. The van der Waals surface area contributed by atoms with E-state index in [9.17, 15) is 4.79 Å². The molecule has 0 bridgehead atoms. The highest BCUT2D eigenvalue weighted by atomic mass is 16.2. The van der Waals surface area contributed by atoms with E-state index in [-0.39, 0.29) is 5.91 Å². The minimum atomic E-state index is 0.00937. The molecular formula is C22H19N3O. The zero-order valence-corrected chi connectivity index (χ0v) is 14.5. The zero-order chi connectivity index (χ0) is 17.9. The second-order valence-corrected chi connectivity index (χ2v) is 6.32. The summed E-state index contributed by atoms with van der Waals surface area (Å²) < 4.78 is 1.91. The minimum absolute atomic E-state index is 0.00937. The molecule has 0 aliphatic heterocycles. The molecule has 0 unspecified atom stereocenters. The van der Waals surface area contributed by atoms with Crippen molar-refractivity contribution < 1.29 is 4.79 Å². The number of fused-ring (bicyclic) bond motifs is 1. The molecule has 1 aromatic heterocycles. The van der Waals surface area contributed by atoms with Crippen molar-refractivity contribution in [3.05, 3.63) is 96.6 Å². The minimum Gasteiger partial charge on any atom is -0.337 e. The normalized spacial score (nSPS) is 10.8. The van der Waals surface area contributed by atoms with E-state index in [4.69, 9.17) is 0 Å². The maximum absolute atomic E-state index is 12.8. The first-order valence-electron chi connectivity index (χ1n) is 8.53. The number of amides is 1. The highest BCUT2D eigenvalue weighted by molar-refractivity contribution is 5.94. The number of rotatable bonds is 4. The molecule has 0 atom stereocenters. The third kappa shape index (κ3) is 3.09. The molecule has 0 spiro atoms. The van der Waals surface area contributed by atoms with Crippen LogP contribution in [0.1, 0.15) is 15.9 Å². The van der Waals surface area contributed by atoms with Gasteiger partial charge >= 0.3 is 0 Å². The molecule has 1 amide bonds. The first-order chi connectivity index (χ1) is 12.7. The third-order valence-electron chi connectivity index (χ3n) is 4.55. The molecular weight excluding hydrogens is 322 g/mol. The van der Waals surface area contributed by atoms with Crippen molar-refractivity contribution >= 4 is 16.7 Å². The van der Waals surface area contributed by atoms with Crippen LogP contribution in [-0.2, 0) is 6.54 Å². The lowest BCUT2D eigenvalue weighted by Gasteiger charge is -2.19. The fourth-order valence-electron chi connectivity index (χ4n) is 3.17. The number of benzene rings is 3. The van der Waals surface area contributed by atoms with Crippen LogP contribution in [0, 0.1) is 0 Å². The Bertz CT molecular complexity index is 1030. The van der Waals surface area contributed by atoms with Crippen LogP contribution >= 0.6 is 0 Å². The van der Waals surface area contributed by atoms with Gasteiger partial charge in [0, 0.05) is 37.2 Å². The van der Waals surface area contributed by atoms with E-state index in [1.54, 1.807) is 17.4 Å². The van der Waals surface area contributed by atoms with Crippen LogP contribution in [0.4, 0.5) is 0 Å². The van der Waals surface area contributed by atoms with Crippen molar-refractivity contribution in [3.8, 4) is 5.69 Å². The zero-order valence-electron chi connectivity index (χ0n) is 14.5. The number of nitrogens with zero attached hydrogens (tertiary/aromatic N) is 3. The fraction of sp³-hybridized carbons (Fsp3) is 0.0909. The van der Waals surface area contributed by atoms with Gasteiger partial charge in [-0.25, -0.2) is 4.98 Å². The Labute approximate surface area is 152 Å². The highest BCUT2D eigenvalue weighted by Crippen LogP contribution is 2.20. The Morgan fingerprint density at radius 2 is 1.77 bits per heavy atom. The summed E-state index contributed by atoms with van der Waals surface area (Å²) in [7, 11) is 1.84. The fourth-order valence-corrected chi connectivity index (χ4v) is 3.17. The third-order valence-corrected chi connectivity index (χ3v) is 4.55. The Morgan fingerprint density at radius 1 is 1.00 bits per heavy atom.